The van der Waals surface area contributed by atoms with Crippen molar-refractivity contribution in [2.45, 2.75) is 89.4 Å². The standard InChI is InChI=1S/C30H44N4O6S/c1-21-18-25(34-24(8-9-27(34)36)20-40-16-15-35)19-22(2)26(21)10-17-41(38,39)33-13-11-30(12-14-33)29(37)31-28(32-30)23-6-4-3-5-7-23/h10,17-19,23-24,29,35,37H,3-9,11-16,20H2,1-2H3,(H,31,32)/b17-10+/t24-,29?/m1/s1. The Balaban J connectivity index is 1.23. The van der Waals surface area contributed by atoms with Crippen LogP contribution < -0.4 is 10.2 Å². The molecule has 2 atom stereocenters. The largest absolute Gasteiger partial charge is 0.394 e. The summed E-state index contributed by atoms with van der Waals surface area (Å²) in [4.78, 5) is 19.0. The molecule has 1 spiro atoms. The third-order valence-corrected chi connectivity index (χ3v) is 10.8. The van der Waals surface area contributed by atoms with Crippen molar-refractivity contribution >= 4 is 33.5 Å². The molecule has 3 aliphatic heterocycles. The van der Waals surface area contributed by atoms with Crippen LogP contribution in [0, 0.1) is 19.8 Å². The van der Waals surface area contributed by atoms with Gasteiger partial charge in [-0.25, -0.2) is 13.4 Å². The number of amidine groups is 1. The Morgan fingerprint density at radius 1 is 1.12 bits per heavy atom. The molecule has 0 aromatic heterocycles. The summed E-state index contributed by atoms with van der Waals surface area (Å²) < 4.78 is 33.6. The number of anilines is 1. The zero-order valence-corrected chi connectivity index (χ0v) is 25.0. The number of hydrogen-bond donors (Lipinski definition) is 3. The summed E-state index contributed by atoms with van der Waals surface area (Å²) in [6.07, 6.45) is 8.76. The summed E-state index contributed by atoms with van der Waals surface area (Å²) in [5.41, 5.74) is 2.76. The normalized spacial score (nSPS) is 25.8. The van der Waals surface area contributed by atoms with Gasteiger partial charge in [-0.3, -0.25) is 4.79 Å². The lowest BCUT2D eigenvalue weighted by molar-refractivity contribution is -0.117. The maximum atomic E-state index is 13.3. The van der Waals surface area contributed by atoms with E-state index in [2.05, 4.69) is 10.3 Å². The number of nitrogens with one attached hydrogen (secondary N) is 1. The van der Waals surface area contributed by atoms with E-state index in [1.54, 1.807) is 11.0 Å². The van der Waals surface area contributed by atoms with E-state index in [1.807, 2.05) is 26.0 Å². The molecule has 3 heterocycles. The van der Waals surface area contributed by atoms with E-state index < -0.39 is 21.8 Å². The summed E-state index contributed by atoms with van der Waals surface area (Å²) in [6, 6.07) is 3.75. The van der Waals surface area contributed by atoms with Gasteiger partial charge in [0.1, 0.15) is 5.84 Å². The van der Waals surface area contributed by atoms with Gasteiger partial charge in [0.15, 0.2) is 6.23 Å². The van der Waals surface area contributed by atoms with Gasteiger partial charge in [0, 0.05) is 36.5 Å². The number of nitrogens with zero attached hydrogens (tertiary/aromatic N) is 3. The molecule has 5 rings (SSSR count). The average Bonchev–Trinajstić information content (AvgIpc) is 3.48. The molecule has 226 valence electrons. The first-order valence-corrected chi connectivity index (χ1v) is 16.5. The Labute approximate surface area is 243 Å². The molecule has 1 saturated carbocycles. The van der Waals surface area contributed by atoms with E-state index in [9.17, 15) is 18.3 Å². The van der Waals surface area contributed by atoms with E-state index >= 15 is 0 Å². The number of carbonyl (C=O) groups is 1. The Kier molecular flexibility index (Phi) is 9.20. The van der Waals surface area contributed by atoms with Crippen LogP contribution in [0.4, 0.5) is 5.69 Å². The Morgan fingerprint density at radius 2 is 1.80 bits per heavy atom. The minimum absolute atomic E-state index is 0.0354. The van der Waals surface area contributed by atoms with Crippen LogP contribution in [-0.4, -0.2) is 85.4 Å². The molecule has 0 bridgehead atoms. The molecule has 1 aromatic rings. The molecular formula is C30H44N4O6S. The van der Waals surface area contributed by atoms with Crippen LogP contribution in [0.5, 0.6) is 0 Å². The van der Waals surface area contributed by atoms with Crippen LogP contribution in [0.25, 0.3) is 6.08 Å². The van der Waals surface area contributed by atoms with Crippen molar-refractivity contribution in [3.63, 3.8) is 0 Å². The van der Waals surface area contributed by atoms with Gasteiger partial charge in [0.2, 0.25) is 15.9 Å². The first kappa shape index (κ1) is 30.2. The zero-order valence-electron chi connectivity index (χ0n) is 24.2. The van der Waals surface area contributed by atoms with E-state index in [0.29, 0.717) is 51.3 Å². The number of piperidine rings is 1. The van der Waals surface area contributed by atoms with Gasteiger partial charge in [-0.2, -0.15) is 4.31 Å². The molecular weight excluding hydrogens is 544 g/mol. The van der Waals surface area contributed by atoms with Gasteiger partial charge >= 0.3 is 0 Å². The van der Waals surface area contributed by atoms with Crippen LogP contribution in [-0.2, 0) is 19.6 Å². The van der Waals surface area contributed by atoms with Crippen molar-refractivity contribution < 1.29 is 28.2 Å². The second-order valence-electron chi connectivity index (χ2n) is 12.0. The van der Waals surface area contributed by atoms with Crippen LogP contribution in [0.3, 0.4) is 0 Å². The smallest absolute Gasteiger partial charge is 0.236 e. The first-order chi connectivity index (χ1) is 19.6. The third-order valence-electron chi connectivity index (χ3n) is 9.23. The quantitative estimate of drug-likeness (QED) is 0.378. The fourth-order valence-corrected chi connectivity index (χ4v) is 8.02. The van der Waals surface area contributed by atoms with Crippen molar-refractivity contribution in [2.24, 2.45) is 10.9 Å². The molecule has 10 nitrogen and oxygen atoms in total. The molecule has 2 saturated heterocycles. The van der Waals surface area contributed by atoms with Crippen molar-refractivity contribution in [3.05, 3.63) is 34.2 Å². The number of carbonyl (C=O) groups excluding carboxylic acids is 1. The topological polar surface area (TPSA) is 132 Å². The maximum Gasteiger partial charge on any atom is 0.236 e. The number of aliphatic hydroxyl groups excluding tert-OH is 2. The molecule has 1 aliphatic carbocycles. The second-order valence-corrected chi connectivity index (χ2v) is 13.8. The SMILES string of the molecule is Cc1cc(N2C(=O)CC[C@@H]2COCCO)cc(C)c1/C=C/S(=O)(=O)N1CCC2(CC1)NC(C1CCCCC1)=NC2O. The minimum Gasteiger partial charge on any atom is -0.394 e. The fourth-order valence-electron chi connectivity index (χ4n) is 6.85. The Morgan fingerprint density at radius 3 is 2.46 bits per heavy atom. The number of aryl methyl sites for hydroxylation is 2. The average molecular weight is 589 g/mol. The van der Waals surface area contributed by atoms with Gasteiger partial charge in [0.05, 0.1) is 31.4 Å². The van der Waals surface area contributed by atoms with Crippen molar-refractivity contribution in [3.8, 4) is 0 Å². The predicted molar refractivity (Wildman–Crippen MR) is 159 cm³/mol. The predicted octanol–water partition coefficient (Wildman–Crippen LogP) is 2.84. The first-order valence-electron chi connectivity index (χ1n) is 15.0. The highest BCUT2D eigenvalue weighted by Gasteiger charge is 2.48. The molecule has 3 fully saturated rings. The van der Waals surface area contributed by atoms with Gasteiger partial charge in [-0.05, 0) is 80.9 Å². The van der Waals surface area contributed by atoms with E-state index in [0.717, 1.165) is 41.1 Å². The monoisotopic (exact) mass is 588 g/mol. The Hall–Kier alpha value is -2.31. The van der Waals surface area contributed by atoms with Gasteiger partial charge in [0.25, 0.3) is 0 Å². The molecule has 11 heteroatoms. The third kappa shape index (κ3) is 6.39. The highest BCUT2D eigenvalue weighted by molar-refractivity contribution is 7.92. The number of sulfonamides is 1. The minimum atomic E-state index is -3.66. The molecule has 4 aliphatic rings. The zero-order chi connectivity index (χ0) is 29.2. The van der Waals surface area contributed by atoms with Gasteiger partial charge in [-0.1, -0.05) is 19.3 Å². The lowest BCUT2D eigenvalue weighted by Crippen LogP contribution is -2.58. The lowest BCUT2D eigenvalue weighted by Gasteiger charge is -2.40. The van der Waals surface area contributed by atoms with Gasteiger partial charge in [-0.15, -0.1) is 0 Å². The number of benzene rings is 1. The summed E-state index contributed by atoms with van der Waals surface area (Å²) in [5, 5.41) is 24.6. The van der Waals surface area contributed by atoms with E-state index in [-0.39, 0.29) is 25.2 Å². The van der Waals surface area contributed by atoms with Crippen molar-refractivity contribution in [1.82, 2.24) is 9.62 Å². The Bertz CT molecular complexity index is 1260. The maximum absolute atomic E-state index is 13.3. The number of rotatable bonds is 9. The number of amides is 1. The van der Waals surface area contributed by atoms with Crippen LogP contribution >= 0.6 is 0 Å². The lowest BCUT2D eigenvalue weighted by atomic mass is 9.85. The summed E-state index contributed by atoms with van der Waals surface area (Å²) >= 11 is 0. The van der Waals surface area contributed by atoms with E-state index in [4.69, 9.17) is 9.84 Å². The molecule has 1 amide bonds. The summed E-state index contributed by atoms with van der Waals surface area (Å²) in [5.74, 6) is 1.31. The van der Waals surface area contributed by atoms with Crippen LogP contribution in [0.1, 0.15) is 74.5 Å². The summed E-state index contributed by atoms with van der Waals surface area (Å²) in [7, 11) is -3.66. The number of ether oxygens (including phenoxy) is 1. The van der Waals surface area contributed by atoms with Gasteiger partial charge < -0.3 is 25.2 Å². The van der Waals surface area contributed by atoms with E-state index in [1.165, 1.54) is 29.0 Å². The number of aliphatic imine (C=N–C) groups is 1. The molecule has 41 heavy (non-hydrogen) atoms. The molecule has 1 unspecified atom stereocenters. The second kappa shape index (κ2) is 12.5. The van der Waals surface area contributed by atoms with Crippen molar-refractivity contribution in [1.29, 1.82) is 0 Å². The fraction of sp³-hybridized carbons (Fsp3) is 0.667. The number of aliphatic hydroxyl groups is 2. The number of hydrogen-bond acceptors (Lipinski definition) is 8. The highest BCUT2D eigenvalue weighted by Crippen LogP contribution is 2.36. The highest BCUT2D eigenvalue weighted by atomic mass is 32.2. The molecule has 1 aromatic carbocycles. The van der Waals surface area contributed by atoms with Crippen LogP contribution in [0.2, 0.25) is 0 Å². The molecule has 3 N–H and O–H groups in total. The van der Waals surface area contributed by atoms with Crippen LogP contribution in [0.15, 0.2) is 22.5 Å². The van der Waals surface area contributed by atoms with Crippen molar-refractivity contribution in [2.75, 3.05) is 37.8 Å². The summed E-state index contributed by atoms with van der Waals surface area (Å²) in [6.45, 7) is 5.01. The molecule has 0 radical (unpaired) electrons.